The average Bonchev–Trinajstić information content (AvgIpc) is 2.42. The van der Waals surface area contributed by atoms with Gasteiger partial charge < -0.3 is 10.4 Å². The van der Waals surface area contributed by atoms with E-state index in [9.17, 15) is 13.2 Å². The molecule has 1 aromatic rings. The Labute approximate surface area is 110 Å². The van der Waals surface area contributed by atoms with Crippen LogP contribution in [0.25, 0.3) is 0 Å². The Hall–Kier alpha value is -1.11. The Morgan fingerprint density at radius 3 is 2.37 bits per heavy atom. The molecule has 2 rings (SSSR count). The highest BCUT2D eigenvalue weighted by Gasteiger charge is 2.25. The zero-order chi connectivity index (χ0) is 13.8. The maximum Gasteiger partial charge on any atom is 0.161 e. The molecule has 1 atom stereocenters. The number of hydrogen-bond acceptors (Lipinski definition) is 3. The molecule has 0 saturated carbocycles. The molecule has 6 heteroatoms. The summed E-state index contributed by atoms with van der Waals surface area (Å²) in [6, 6.07) is 1.03. The molecule has 1 heterocycles. The zero-order valence-electron chi connectivity index (χ0n) is 10.5. The highest BCUT2D eigenvalue weighted by atomic mass is 19.2. The average molecular weight is 274 g/mol. The third kappa shape index (κ3) is 3.26. The van der Waals surface area contributed by atoms with Crippen molar-refractivity contribution in [1.82, 2.24) is 10.2 Å². The summed E-state index contributed by atoms with van der Waals surface area (Å²) < 4.78 is 40.1. The van der Waals surface area contributed by atoms with E-state index in [1.807, 2.05) is 4.90 Å². The number of nitrogens with zero attached hydrogens (tertiary/aromatic N) is 1. The van der Waals surface area contributed by atoms with Gasteiger partial charge in [-0.05, 0) is 12.5 Å². The van der Waals surface area contributed by atoms with Gasteiger partial charge in [-0.2, -0.15) is 0 Å². The second-order valence-corrected chi connectivity index (χ2v) is 4.60. The normalized spacial score (nSPS) is 18.5. The lowest BCUT2D eigenvalue weighted by molar-refractivity contribution is 0.138. The van der Waals surface area contributed by atoms with Crippen molar-refractivity contribution < 1.29 is 18.3 Å². The van der Waals surface area contributed by atoms with Gasteiger partial charge in [-0.25, -0.2) is 13.2 Å². The fraction of sp³-hybridized carbons (Fsp3) is 0.538. The van der Waals surface area contributed by atoms with Gasteiger partial charge in [0, 0.05) is 50.5 Å². The molecular formula is C13H17F3N2O. The summed E-state index contributed by atoms with van der Waals surface area (Å²) in [6.07, 6.45) is 0.294. The van der Waals surface area contributed by atoms with Gasteiger partial charge in [0.15, 0.2) is 11.6 Å². The third-order valence-corrected chi connectivity index (χ3v) is 3.39. The Morgan fingerprint density at radius 1 is 1.11 bits per heavy atom. The fourth-order valence-corrected chi connectivity index (χ4v) is 2.44. The molecule has 106 valence electrons. The van der Waals surface area contributed by atoms with Crippen LogP contribution >= 0.6 is 0 Å². The van der Waals surface area contributed by atoms with Crippen LogP contribution in [0.4, 0.5) is 13.2 Å². The van der Waals surface area contributed by atoms with Crippen LogP contribution in [0.1, 0.15) is 18.0 Å². The topological polar surface area (TPSA) is 35.5 Å². The molecule has 2 N–H and O–H groups in total. The molecule has 19 heavy (non-hydrogen) atoms. The van der Waals surface area contributed by atoms with Crippen LogP contribution in [0.2, 0.25) is 0 Å². The van der Waals surface area contributed by atoms with Gasteiger partial charge in [-0.1, -0.05) is 0 Å². The van der Waals surface area contributed by atoms with Crippen molar-refractivity contribution in [3.63, 3.8) is 0 Å². The molecule has 1 aliphatic rings. The SMILES string of the molecule is OCC[C@H](c1cc(F)c(F)cc1F)N1CCNCC1. The number of halogens is 3. The number of piperazine rings is 1. The minimum absolute atomic E-state index is 0.106. The van der Waals surface area contributed by atoms with Gasteiger partial charge in [0.1, 0.15) is 5.82 Å². The van der Waals surface area contributed by atoms with E-state index in [-0.39, 0.29) is 12.2 Å². The van der Waals surface area contributed by atoms with Crippen LogP contribution in [-0.4, -0.2) is 42.8 Å². The van der Waals surface area contributed by atoms with Gasteiger partial charge in [0.2, 0.25) is 0 Å². The number of aliphatic hydroxyl groups is 1. The zero-order valence-corrected chi connectivity index (χ0v) is 10.5. The molecule has 0 bridgehead atoms. The van der Waals surface area contributed by atoms with Crippen LogP contribution in [0.5, 0.6) is 0 Å². The quantitative estimate of drug-likeness (QED) is 0.815. The van der Waals surface area contributed by atoms with E-state index in [0.717, 1.165) is 19.2 Å². The standard InChI is InChI=1S/C13H17F3N2O/c14-10-8-12(16)11(15)7-9(10)13(1-6-19)18-4-2-17-3-5-18/h7-8,13,17,19H,1-6H2/t13-/m1/s1. The van der Waals surface area contributed by atoms with Crippen LogP contribution in [0, 0.1) is 17.5 Å². The first-order chi connectivity index (χ1) is 9.13. The summed E-state index contributed by atoms with van der Waals surface area (Å²) >= 11 is 0. The van der Waals surface area contributed by atoms with Gasteiger partial charge in [0.05, 0.1) is 0 Å². The molecule has 0 aromatic heterocycles. The van der Waals surface area contributed by atoms with E-state index in [4.69, 9.17) is 5.11 Å². The lowest BCUT2D eigenvalue weighted by atomic mass is 10.0. The first-order valence-corrected chi connectivity index (χ1v) is 6.33. The van der Waals surface area contributed by atoms with Crippen LogP contribution in [0.15, 0.2) is 12.1 Å². The van der Waals surface area contributed by atoms with Crippen molar-refractivity contribution in [3.05, 3.63) is 35.1 Å². The van der Waals surface area contributed by atoms with E-state index < -0.39 is 23.5 Å². The lowest BCUT2D eigenvalue weighted by Gasteiger charge is -2.35. The Balaban J connectivity index is 2.29. The van der Waals surface area contributed by atoms with Crippen LogP contribution < -0.4 is 5.32 Å². The molecule has 1 fully saturated rings. The van der Waals surface area contributed by atoms with Crippen molar-refractivity contribution in [3.8, 4) is 0 Å². The van der Waals surface area contributed by atoms with Gasteiger partial charge >= 0.3 is 0 Å². The maximum atomic E-state index is 13.8. The maximum absolute atomic E-state index is 13.8. The molecule has 1 saturated heterocycles. The summed E-state index contributed by atoms with van der Waals surface area (Å²) in [5.74, 6) is -3.02. The predicted molar refractivity (Wildman–Crippen MR) is 65.2 cm³/mol. The second-order valence-electron chi connectivity index (χ2n) is 4.60. The van der Waals surface area contributed by atoms with Crippen molar-refractivity contribution in [2.45, 2.75) is 12.5 Å². The number of hydrogen-bond donors (Lipinski definition) is 2. The summed E-state index contributed by atoms with van der Waals surface area (Å²) in [6.45, 7) is 2.75. The van der Waals surface area contributed by atoms with E-state index in [1.165, 1.54) is 0 Å². The number of benzene rings is 1. The van der Waals surface area contributed by atoms with Crippen LogP contribution in [0.3, 0.4) is 0 Å². The van der Waals surface area contributed by atoms with Crippen molar-refractivity contribution in [2.24, 2.45) is 0 Å². The van der Waals surface area contributed by atoms with E-state index in [1.54, 1.807) is 0 Å². The van der Waals surface area contributed by atoms with Crippen molar-refractivity contribution in [1.29, 1.82) is 0 Å². The second kappa shape index (κ2) is 6.36. The summed E-state index contributed by atoms with van der Waals surface area (Å²) in [7, 11) is 0. The Bertz CT molecular complexity index is 436. The summed E-state index contributed by atoms with van der Waals surface area (Å²) in [4.78, 5) is 1.97. The van der Waals surface area contributed by atoms with E-state index >= 15 is 0 Å². The third-order valence-electron chi connectivity index (χ3n) is 3.39. The largest absolute Gasteiger partial charge is 0.396 e. The molecule has 0 aliphatic carbocycles. The Kier molecular flexibility index (Phi) is 4.79. The van der Waals surface area contributed by atoms with E-state index in [2.05, 4.69) is 5.32 Å². The van der Waals surface area contributed by atoms with Gasteiger partial charge in [0.25, 0.3) is 0 Å². The first kappa shape index (κ1) is 14.3. The monoisotopic (exact) mass is 274 g/mol. The van der Waals surface area contributed by atoms with Gasteiger partial charge in [-0.3, -0.25) is 4.90 Å². The highest BCUT2D eigenvalue weighted by Crippen LogP contribution is 2.28. The van der Waals surface area contributed by atoms with Crippen LogP contribution in [-0.2, 0) is 0 Å². The number of rotatable bonds is 4. The molecular weight excluding hydrogens is 257 g/mol. The van der Waals surface area contributed by atoms with E-state index in [0.29, 0.717) is 25.6 Å². The van der Waals surface area contributed by atoms with Gasteiger partial charge in [-0.15, -0.1) is 0 Å². The molecule has 0 amide bonds. The first-order valence-electron chi connectivity index (χ1n) is 6.33. The summed E-state index contributed by atoms with van der Waals surface area (Å²) in [5, 5.41) is 12.3. The minimum atomic E-state index is -1.19. The molecule has 1 aromatic carbocycles. The highest BCUT2D eigenvalue weighted by molar-refractivity contribution is 5.24. The smallest absolute Gasteiger partial charge is 0.161 e. The lowest BCUT2D eigenvalue weighted by Crippen LogP contribution is -2.45. The number of aliphatic hydroxyl groups excluding tert-OH is 1. The summed E-state index contributed by atoms with van der Waals surface area (Å²) in [5.41, 5.74) is 0.106. The molecule has 0 spiro atoms. The molecule has 3 nitrogen and oxygen atoms in total. The Morgan fingerprint density at radius 2 is 1.74 bits per heavy atom. The molecule has 0 radical (unpaired) electrons. The fourth-order valence-electron chi connectivity index (χ4n) is 2.44. The van der Waals surface area contributed by atoms with Crippen molar-refractivity contribution in [2.75, 3.05) is 32.8 Å². The number of nitrogens with one attached hydrogen (secondary N) is 1. The molecule has 1 aliphatic heterocycles. The van der Waals surface area contributed by atoms with Crippen molar-refractivity contribution >= 4 is 0 Å². The minimum Gasteiger partial charge on any atom is -0.396 e. The molecule has 0 unspecified atom stereocenters. The predicted octanol–water partition coefficient (Wildman–Crippen LogP) is 1.43.